The van der Waals surface area contributed by atoms with Gasteiger partial charge in [-0.1, -0.05) is 13.0 Å². The third-order valence-corrected chi connectivity index (χ3v) is 4.82. The van der Waals surface area contributed by atoms with E-state index in [-0.39, 0.29) is 6.61 Å². The van der Waals surface area contributed by atoms with E-state index in [2.05, 4.69) is 30.2 Å². The summed E-state index contributed by atoms with van der Waals surface area (Å²) in [6, 6.07) is 6.39. The van der Waals surface area contributed by atoms with E-state index >= 15 is 0 Å². The van der Waals surface area contributed by atoms with E-state index in [0.29, 0.717) is 23.8 Å². The van der Waals surface area contributed by atoms with Gasteiger partial charge in [0, 0.05) is 36.7 Å². The molecule has 1 aromatic rings. The Morgan fingerprint density at radius 2 is 2.05 bits per heavy atom. The molecule has 0 unspecified atom stereocenters. The molecule has 1 aromatic carbocycles. The van der Waals surface area contributed by atoms with Crippen LogP contribution < -0.4 is 9.47 Å². The van der Waals surface area contributed by atoms with Gasteiger partial charge in [0.25, 0.3) is 0 Å². The Morgan fingerprint density at radius 3 is 2.71 bits per heavy atom. The highest BCUT2D eigenvalue weighted by Gasteiger charge is 2.55. The lowest BCUT2D eigenvalue weighted by Gasteiger charge is -2.26. The minimum Gasteiger partial charge on any atom is -0.497 e. The molecule has 3 rings (SSSR count). The molecule has 1 fully saturated rings. The van der Waals surface area contributed by atoms with Crippen LogP contribution in [-0.2, 0) is 6.54 Å². The maximum Gasteiger partial charge on any atom is 0.127 e. The number of allylic oxidation sites excluding steroid dienone is 1. The van der Waals surface area contributed by atoms with Gasteiger partial charge in [-0.05, 0) is 30.2 Å². The normalized spacial score (nSPS) is 30.0. The predicted molar refractivity (Wildman–Crippen MR) is 81.2 cm³/mol. The molecule has 2 aliphatic rings. The van der Waals surface area contributed by atoms with Crippen molar-refractivity contribution in [3.8, 4) is 11.5 Å². The standard InChI is InChI=1S/C17H23NO3/c1-11-6-7-18(17-14(10-19)16(11)17)9-12-4-5-13(20-2)8-15(12)21-3/h4-8,11,14,16-17,19H,9-10H2,1-3H3/t11-,14-,16-,17+/m0/s1. The Labute approximate surface area is 126 Å². The molecule has 4 nitrogen and oxygen atoms in total. The maximum absolute atomic E-state index is 9.51. The number of benzene rings is 1. The second-order valence-corrected chi connectivity index (χ2v) is 5.97. The van der Waals surface area contributed by atoms with E-state index in [9.17, 15) is 5.11 Å². The van der Waals surface area contributed by atoms with Crippen molar-refractivity contribution in [1.82, 2.24) is 4.90 Å². The highest BCUT2D eigenvalue weighted by Crippen LogP contribution is 2.51. The van der Waals surface area contributed by atoms with Gasteiger partial charge in [-0.2, -0.15) is 0 Å². The first-order chi connectivity index (χ1) is 10.2. The quantitative estimate of drug-likeness (QED) is 0.903. The number of methoxy groups -OCH3 is 2. The van der Waals surface area contributed by atoms with Gasteiger partial charge in [0.2, 0.25) is 0 Å². The van der Waals surface area contributed by atoms with E-state index in [1.807, 2.05) is 12.1 Å². The Hall–Kier alpha value is -1.68. The Kier molecular flexibility index (Phi) is 3.81. The number of ether oxygens (including phenoxy) is 2. The fourth-order valence-corrected chi connectivity index (χ4v) is 3.59. The molecule has 1 aliphatic carbocycles. The van der Waals surface area contributed by atoms with Crippen molar-refractivity contribution in [2.45, 2.75) is 19.5 Å². The van der Waals surface area contributed by atoms with Crippen LogP contribution >= 0.6 is 0 Å². The monoisotopic (exact) mass is 289 g/mol. The van der Waals surface area contributed by atoms with Crippen LogP contribution in [0.2, 0.25) is 0 Å². The third-order valence-electron chi connectivity index (χ3n) is 4.82. The van der Waals surface area contributed by atoms with Gasteiger partial charge >= 0.3 is 0 Å². The van der Waals surface area contributed by atoms with Crippen molar-refractivity contribution in [2.24, 2.45) is 17.8 Å². The lowest BCUT2D eigenvalue weighted by Crippen LogP contribution is -2.26. The Balaban J connectivity index is 1.79. The van der Waals surface area contributed by atoms with E-state index in [0.717, 1.165) is 23.6 Å². The average molecular weight is 289 g/mol. The summed E-state index contributed by atoms with van der Waals surface area (Å²) in [7, 11) is 3.34. The average Bonchev–Trinajstić information content (AvgIpc) is 3.26. The number of hydrogen-bond acceptors (Lipinski definition) is 4. The minimum absolute atomic E-state index is 0.275. The molecule has 21 heavy (non-hydrogen) atoms. The molecule has 0 amide bonds. The fraction of sp³-hybridized carbons (Fsp3) is 0.529. The van der Waals surface area contributed by atoms with Crippen LogP contribution in [0.25, 0.3) is 0 Å². The second-order valence-electron chi connectivity index (χ2n) is 5.97. The zero-order chi connectivity index (χ0) is 15.0. The lowest BCUT2D eigenvalue weighted by atomic mass is 10.0. The summed E-state index contributed by atoms with van der Waals surface area (Å²) in [4.78, 5) is 2.33. The molecule has 0 radical (unpaired) electrons. The van der Waals surface area contributed by atoms with Crippen molar-refractivity contribution in [2.75, 3.05) is 20.8 Å². The van der Waals surface area contributed by atoms with Crippen molar-refractivity contribution >= 4 is 0 Å². The van der Waals surface area contributed by atoms with Crippen molar-refractivity contribution in [3.05, 3.63) is 36.0 Å². The first kappa shape index (κ1) is 14.3. The summed E-state index contributed by atoms with van der Waals surface area (Å²) in [5.41, 5.74) is 1.14. The fourth-order valence-electron chi connectivity index (χ4n) is 3.59. The first-order valence-corrected chi connectivity index (χ1v) is 7.45. The van der Waals surface area contributed by atoms with Crippen LogP contribution in [0.1, 0.15) is 12.5 Å². The minimum atomic E-state index is 0.275. The molecule has 0 aromatic heterocycles. The molecular formula is C17H23NO3. The first-order valence-electron chi connectivity index (χ1n) is 7.45. The number of aliphatic hydroxyl groups is 1. The summed E-state index contributed by atoms with van der Waals surface area (Å²) in [6.07, 6.45) is 4.41. The van der Waals surface area contributed by atoms with Crippen LogP contribution in [0.5, 0.6) is 11.5 Å². The molecule has 1 N–H and O–H groups in total. The summed E-state index contributed by atoms with van der Waals surface area (Å²) >= 11 is 0. The van der Waals surface area contributed by atoms with Gasteiger partial charge < -0.3 is 19.5 Å². The molecule has 114 valence electrons. The van der Waals surface area contributed by atoms with Crippen molar-refractivity contribution in [3.63, 3.8) is 0 Å². The van der Waals surface area contributed by atoms with Gasteiger partial charge in [-0.3, -0.25) is 0 Å². The smallest absolute Gasteiger partial charge is 0.127 e. The number of hydrogen-bond donors (Lipinski definition) is 1. The van der Waals surface area contributed by atoms with Gasteiger partial charge in [-0.15, -0.1) is 0 Å². The highest BCUT2D eigenvalue weighted by atomic mass is 16.5. The number of rotatable bonds is 5. The predicted octanol–water partition coefficient (Wildman–Crippen LogP) is 2.28. The molecule has 4 atom stereocenters. The van der Waals surface area contributed by atoms with Crippen LogP contribution in [0.3, 0.4) is 0 Å². The summed E-state index contributed by atoms with van der Waals surface area (Å²) in [5.74, 6) is 3.19. The number of aliphatic hydroxyl groups excluding tert-OH is 1. The van der Waals surface area contributed by atoms with Gasteiger partial charge in [0.15, 0.2) is 0 Å². The van der Waals surface area contributed by atoms with E-state index in [1.54, 1.807) is 14.2 Å². The molecule has 0 bridgehead atoms. The maximum atomic E-state index is 9.51. The topological polar surface area (TPSA) is 41.9 Å². The SMILES string of the molecule is COc1ccc(CN2C=C[C@H](C)[C@H]3[C@H](CO)[C@H]32)c(OC)c1. The molecule has 4 heteroatoms. The van der Waals surface area contributed by atoms with E-state index in [1.165, 1.54) is 0 Å². The summed E-state index contributed by atoms with van der Waals surface area (Å²) in [6.45, 7) is 3.31. The van der Waals surface area contributed by atoms with Crippen LogP contribution in [-0.4, -0.2) is 36.9 Å². The molecule has 1 saturated carbocycles. The highest BCUT2D eigenvalue weighted by molar-refractivity contribution is 5.41. The van der Waals surface area contributed by atoms with Crippen molar-refractivity contribution in [1.29, 1.82) is 0 Å². The van der Waals surface area contributed by atoms with E-state index in [4.69, 9.17) is 9.47 Å². The van der Waals surface area contributed by atoms with Gasteiger partial charge in [-0.25, -0.2) is 0 Å². The largest absolute Gasteiger partial charge is 0.497 e. The number of nitrogens with zero attached hydrogens (tertiary/aromatic N) is 1. The summed E-state index contributed by atoms with van der Waals surface area (Å²) < 4.78 is 10.7. The third kappa shape index (κ3) is 2.48. The Morgan fingerprint density at radius 1 is 1.24 bits per heavy atom. The van der Waals surface area contributed by atoms with Gasteiger partial charge in [0.05, 0.1) is 14.2 Å². The zero-order valence-corrected chi connectivity index (χ0v) is 12.8. The molecule has 0 spiro atoms. The van der Waals surface area contributed by atoms with Crippen molar-refractivity contribution < 1.29 is 14.6 Å². The van der Waals surface area contributed by atoms with Crippen LogP contribution in [0.4, 0.5) is 0 Å². The summed E-state index contributed by atoms with van der Waals surface area (Å²) in [5, 5.41) is 9.51. The molecule has 1 aliphatic heterocycles. The zero-order valence-electron chi connectivity index (χ0n) is 12.8. The molecule has 0 saturated heterocycles. The molecular weight excluding hydrogens is 266 g/mol. The second kappa shape index (κ2) is 5.60. The number of fused-ring (bicyclic) bond motifs is 1. The lowest BCUT2D eigenvalue weighted by molar-refractivity contribution is 0.246. The Bertz CT molecular complexity index is 543. The van der Waals surface area contributed by atoms with Gasteiger partial charge in [0.1, 0.15) is 11.5 Å². The molecule has 1 heterocycles. The van der Waals surface area contributed by atoms with Crippen LogP contribution in [0, 0.1) is 17.8 Å². The van der Waals surface area contributed by atoms with Crippen LogP contribution in [0.15, 0.2) is 30.5 Å². The van der Waals surface area contributed by atoms with E-state index < -0.39 is 0 Å².